The predicted octanol–water partition coefficient (Wildman–Crippen LogP) is 7.07. The minimum Gasteiger partial charge on any atom is -0.0616 e. The molecule has 0 heteroatoms. The lowest BCUT2D eigenvalue weighted by atomic mass is 9.83. The van der Waals surface area contributed by atoms with Gasteiger partial charge in [-0.05, 0) is 87.7 Å². The summed E-state index contributed by atoms with van der Waals surface area (Å²) in [7, 11) is 0. The Morgan fingerprint density at radius 2 is 1.47 bits per heavy atom. The maximum atomic E-state index is 2.24. The van der Waals surface area contributed by atoms with Gasteiger partial charge in [-0.2, -0.15) is 0 Å². The zero-order valence-corrected chi connectivity index (χ0v) is 19.2. The highest BCUT2D eigenvalue weighted by Gasteiger charge is 2.23. The van der Waals surface area contributed by atoms with E-state index in [0.29, 0.717) is 0 Å². The van der Waals surface area contributed by atoms with Gasteiger partial charge in [0.05, 0.1) is 17.1 Å². The molecule has 0 atom stereocenters. The number of benzene rings is 4. The van der Waals surface area contributed by atoms with Gasteiger partial charge in [-0.3, -0.25) is 0 Å². The van der Waals surface area contributed by atoms with Crippen LogP contribution in [0, 0.1) is 5.92 Å². The van der Waals surface area contributed by atoms with Gasteiger partial charge in [0.2, 0.25) is 0 Å². The fourth-order valence-electron chi connectivity index (χ4n) is 4.92. The Morgan fingerprint density at radius 1 is 0.676 bits per heavy atom. The Labute approximate surface area is 200 Å². The first-order valence-corrected chi connectivity index (χ1v) is 11.8. The summed E-state index contributed by atoms with van der Waals surface area (Å²) in [5.74, 6) is 1.29. The Morgan fingerprint density at radius 3 is 2.32 bits per heavy atom. The van der Waals surface area contributed by atoms with Gasteiger partial charge in [0.15, 0.2) is 0 Å². The first kappa shape index (κ1) is 20.3. The lowest BCUT2D eigenvalue weighted by Gasteiger charge is -2.14. The minimum absolute atomic E-state index is 1.25. The molecule has 0 aromatic heterocycles. The third kappa shape index (κ3) is 3.64. The van der Waals surface area contributed by atoms with Crippen molar-refractivity contribution >= 4 is 21.9 Å². The first-order valence-electron chi connectivity index (χ1n) is 11.8. The second-order valence-electron chi connectivity index (χ2n) is 8.83. The number of hydrogen-bond acceptors (Lipinski definition) is 0. The van der Waals surface area contributed by atoms with Crippen LogP contribution in [-0.4, -0.2) is 0 Å². The molecule has 0 fully saturated rings. The van der Waals surface area contributed by atoms with E-state index in [1.54, 1.807) is 0 Å². The third-order valence-corrected chi connectivity index (χ3v) is 6.84. The molecule has 0 amide bonds. The minimum atomic E-state index is 1.25. The van der Waals surface area contributed by atoms with Crippen LogP contribution in [0.2, 0.25) is 0 Å². The molecule has 6 rings (SSSR count). The van der Waals surface area contributed by atoms with Crippen LogP contribution in [0.25, 0.3) is 33.0 Å². The number of allylic oxidation sites excluding steroid dienone is 8. The van der Waals surface area contributed by atoms with E-state index in [0.717, 1.165) is 0 Å². The molecule has 4 aromatic carbocycles. The van der Waals surface area contributed by atoms with Crippen molar-refractivity contribution in [1.29, 1.82) is 0 Å². The van der Waals surface area contributed by atoms with E-state index >= 15 is 0 Å². The van der Waals surface area contributed by atoms with Crippen molar-refractivity contribution in [1.82, 2.24) is 0 Å². The topological polar surface area (TPSA) is 0 Å². The van der Waals surface area contributed by atoms with Gasteiger partial charge in [-0.1, -0.05) is 66.7 Å². The number of rotatable bonds is 2. The van der Waals surface area contributed by atoms with Crippen molar-refractivity contribution in [3.05, 3.63) is 161 Å². The molecule has 0 unspecified atom stereocenters. The molecule has 0 radical (unpaired) electrons. The fraction of sp³-hybridized carbons (Fsp3) is 0.0294. The van der Waals surface area contributed by atoms with Gasteiger partial charge in [0, 0.05) is 29.5 Å². The predicted molar refractivity (Wildman–Crippen MR) is 145 cm³/mol. The normalized spacial score (nSPS) is 14.3. The SMILES string of the molecule is CC(c1ccc(-c2cccc3ccccc23)cc1)=c1ccc(=C2C=CC=C3C=CC=C[C+]32)cc1. The second-order valence-corrected chi connectivity index (χ2v) is 8.83. The quantitative estimate of drug-likeness (QED) is 0.297. The molecule has 0 heterocycles. The summed E-state index contributed by atoms with van der Waals surface area (Å²) in [6, 6.07) is 33.0. The smallest absolute Gasteiger partial charge is 0.0616 e. The molecule has 0 N–H and O–H groups in total. The Balaban J connectivity index is 1.35. The largest absolute Gasteiger partial charge is 0.0722 e. The van der Waals surface area contributed by atoms with Gasteiger partial charge >= 0.3 is 0 Å². The van der Waals surface area contributed by atoms with E-state index in [1.807, 2.05) is 0 Å². The highest BCUT2D eigenvalue weighted by atomic mass is 14.2. The molecule has 160 valence electrons. The summed E-state index contributed by atoms with van der Waals surface area (Å²) in [5.41, 5.74) is 7.62. The van der Waals surface area contributed by atoms with E-state index in [4.69, 9.17) is 0 Å². The van der Waals surface area contributed by atoms with Gasteiger partial charge in [-0.25, -0.2) is 0 Å². The summed E-state index contributed by atoms with van der Waals surface area (Å²) in [4.78, 5) is 0. The van der Waals surface area contributed by atoms with Crippen molar-refractivity contribution < 1.29 is 0 Å². The van der Waals surface area contributed by atoms with Crippen molar-refractivity contribution in [2.24, 2.45) is 0 Å². The molecule has 2 aliphatic carbocycles. The van der Waals surface area contributed by atoms with Crippen molar-refractivity contribution in [2.75, 3.05) is 0 Å². The molecule has 0 bridgehead atoms. The third-order valence-electron chi connectivity index (χ3n) is 6.84. The second kappa shape index (κ2) is 8.57. The van der Waals surface area contributed by atoms with Crippen LogP contribution >= 0.6 is 0 Å². The molecule has 0 saturated carbocycles. The standard InChI is InChI=1S/C34H25/c1-24(25-16-20-29(21-17-25)33-14-6-10-27-8-2-4-12-31(27)33)26-18-22-30(23-19-26)34-15-7-11-28-9-3-5-13-32(28)34/h2-23H,1H3/q+1. The van der Waals surface area contributed by atoms with Crippen LogP contribution in [0.5, 0.6) is 0 Å². The van der Waals surface area contributed by atoms with Crippen LogP contribution < -0.4 is 10.4 Å². The zero-order chi connectivity index (χ0) is 22.9. The molecule has 0 spiro atoms. The molecule has 34 heavy (non-hydrogen) atoms. The Hall–Kier alpha value is -4.29. The number of hydrogen-bond donors (Lipinski definition) is 0. The van der Waals surface area contributed by atoms with Crippen LogP contribution in [0.3, 0.4) is 0 Å². The average Bonchev–Trinajstić information content (AvgIpc) is 2.92. The number of fused-ring (bicyclic) bond motifs is 2. The molecular weight excluding hydrogens is 408 g/mol. The molecule has 0 saturated heterocycles. The summed E-state index contributed by atoms with van der Waals surface area (Å²) in [5, 5.41) is 5.07. The summed E-state index contributed by atoms with van der Waals surface area (Å²) in [6.45, 7) is 2.21. The summed E-state index contributed by atoms with van der Waals surface area (Å²) in [6.07, 6.45) is 15.1. The van der Waals surface area contributed by atoms with E-state index in [9.17, 15) is 0 Å². The van der Waals surface area contributed by atoms with Crippen LogP contribution in [0.1, 0.15) is 12.5 Å². The van der Waals surface area contributed by atoms with E-state index in [1.165, 1.54) is 60.5 Å². The van der Waals surface area contributed by atoms with Gasteiger partial charge in [0.1, 0.15) is 0 Å². The lowest BCUT2D eigenvalue weighted by molar-refractivity contribution is 1.33. The maximum Gasteiger partial charge on any atom is 0.0722 e. The lowest BCUT2D eigenvalue weighted by Crippen LogP contribution is -2.16. The molecular formula is C34H25+. The average molecular weight is 434 g/mol. The van der Waals surface area contributed by atoms with Crippen LogP contribution in [-0.2, 0) is 0 Å². The zero-order valence-electron chi connectivity index (χ0n) is 19.2. The monoisotopic (exact) mass is 433 g/mol. The molecule has 2 aliphatic rings. The molecule has 4 aromatic rings. The fourth-order valence-corrected chi connectivity index (χ4v) is 4.92. The van der Waals surface area contributed by atoms with E-state index < -0.39 is 0 Å². The van der Waals surface area contributed by atoms with Crippen molar-refractivity contribution in [2.45, 2.75) is 6.92 Å². The highest BCUT2D eigenvalue weighted by Crippen LogP contribution is 2.32. The van der Waals surface area contributed by atoms with Gasteiger partial charge in [-0.15, -0.1) is 0 Å². The van der Waals surface area contributed by atoms with Crippen LogP contribution in [0.4, 0.5) is 0 Å². The molecule has 0 nitrogen and oxygen atoms in total. The Kier molecular flexibility index (Phi) is 5.13. The van der Waals surface area contributed by atoms with Gasteiger partial charge < -0.3 is 0 Å². The first-order chi connectivity index (χ1) is 16.8. The van der Waals surface area contributed by atoms with Crippen LogP contribution in [0.15, 0.2) is 139 Å². The van der Waals surface area contributed by atoms with E-state index in [2.05, 4.69) is 140 Å². The van der Waals surface area contributed by atoms with Crippen molar-refractivity contribution in [3.8, 4) is 11.1 Å². The Bertz CT molecular complexity index is 1610. The van der Waals surface area contributed by atoms with Crippen molar-refractivity contribution in [3.63, 3.8) is 0 Å². The molecule has 0 aliphatic heterocycles. The van der Waals surface area contributed by atoms with E-state index in [-0.39, 0.29) is 0 Å². The summed E-state index contributed by atoms with van der Waals surface area (Å²) < 4.78 is 0. The summed E-state index contributed by atoms with van der Waals surface area (Å²) >= 11 is 0. The van der Waals surface area contributed by atoms with Gasteiger partial charge in [0.25, 0.3) is 0 Å². The maximum absolute atomic E-state index is 2.24. The highest BCUT2D eigenvalue weighted by molar-refractivity contribution is 5.96.